The number of sulfonamides is 1. The highest BCUT2D eigenvalue weighted by atomic mass is 32.2. The van der Waals surface area contributed by atoms with Crippen molar-refractivity contribution >= 4 is 37.4 Å². The Hall–Kier alpha value is -2.30. The smallest absolute Gasteiger partial charge is 0.240 e. The summed E-state index contributed by atoms with van der Waals surface area (Å²) in [5.74, 6) is 1.97. The summed E-state index contributed by atoms with van der Waals surface area (Å²) in [5, 5.41) is 0.907. The van der Waals surface area contributed by atoms with E-state index in [2.05, 4.69) is 24.6 Å². The summed E-state index contributed by atoms with van der Waals surface area (Å²) in [6, 6.07) is 6.79. The molecule has 1 aliphatic heterocycles. The van der Waals surface area contributed by atoms with Gasteiger partial charge in [0.15, 0.2) is 0 Å². The lowest BCUT2D eigenvalue weighted by Crippen LogP contribution is -2.30. The van der Waals surface area contributed by atoms with E-state index in [4.69, 9.17) is 4.74 Å². The maximum absolute atomic E-state index is 12.6. The highest BCUT2D eigenvalue weighted by molar-refractivity contribution is 7.89. The van der Waals surface area contributed by atoms with E-state index in [9.17, 15) is 8.42 Å². The van der Waals surface area contributed by atoms with E-state index in [1.165, 1.54) is 17.8 Å². The van der Waals surface area contributed by atoms with Crippen LogP contribution in [0.1, 0.15) is 30.1 Å². The molecule has 4 rings (SSSR count). The van der Waals surface area contributed by atoms with Crippen molar-refractivity contribution in [2.45, 2.75) is 38.0 Å². The fourth-order valence-corrected chi connectivity index (χ4v) is 5.47. The number of piperidine rings is 1. The van der Waals surface area contributed by atoms with E-state index in [1.54, 1.807) is 18.2 Å². The van der Waals surface area contributed by atoms with Gasteiger partial charge in [-0.15, -0.1) is 11.3 Å². The standard InChI is InChI=1S/C20H25N5O3S2/c1-14-22-19(25-9-4-3-5-10-25)13-20(23-14)28-11-8-21-30(26,27)16-6-7-17-18(12-16)29-15(2)24-17/h6-7,12-13,21H,3-5,8-11H2,1-2H3. The molecular weight excluding hydrogens is 422 g/mol. The molecule has 1 aromatic carbocycles. The van der Waals surface area contributed by atoms with Crippen LogP contribution in [0.25, 0.3) is 10.2 Å². The number of nitrogens with one attached hydrogen (secondary N) is 1. The average Bonchev–Trinajstić information content (AvgIpc) is 3.11. The molecule has 0 saturated carbocycles. The zero-order valence-corrected chi connectivity index (χ0v) is 18.7. The number of fused-ring (bicyclic) bond motifs is 1. The van der Waals surface area contributed by atoms with Crippen LogP contribution < -0.4 is 14.4 Å². The van der Waals surface area contributed by atoms with Gasteiger partial charge in [0.1, 0.15) is 18.2 Å². The monoisotopic (exact) mass is 447 g/mol. The Balaban J connectivity index is 1.36. The van der Waals surface area contributed by atoms with Crippen LogP contribution in [0.15, 0.2) is 29.2 Å². The molecule has 3 aromatic rings. The molecule has 2 aromatic heterocycles. The van der Waals surface area contributed by atoms with E-state index < -0.39 is 10.0 Å². The lowest BCUT2D eigenvalue weighted by atomic mass is 10.1. The molecule has 1 aliphatic rings. The van der Waals surface area contributed by atoms with Crippen LogP contribution in [0.3, 0.4) is 0 Å². The van der Waals surface area contributed by atoms with Gasteiger partial charge in [0, 0.05) is 25.7 Å². The lowest BCUT2D eigenvalue weighted by molar-refractivity contribution is 0.309. The summed E-state index contributed by atoms with van der Waals surface area (Å²) in [7, 11) is -3.62. The molecule has 160 valence electrons. The number of rotatable bonds is 7. The first-order chi connectivity index (χ1) is 14.4. The Labute approximate surface area is 180 Å². The summed E-state index contributed by atoms with van der Waals surface area (Å²) in [5.41, 5.74) is 0.809. The van der Waals surface area contributed by atoms with Crippen LogP contribution in [-0.4, -0.2) is 49.6 Å². The number of nitrogens with zero attached hydrogens (tertiary/aromatic N) is 4. The number of hydrogen-bond acceptors (Lipinski definition) is 8. The van der Waals surface area contributed by atoms with Crippen molar-refractivity contribution in [3.05, 3.63) is 35.1 Å². The highest BCUT2D eigenvalue weighted by Gasteiger charge is 2.16. The van der Waals surface area contributed by atoms with Crippen molar-refractivity contribution in [3.8, 4) is 5.88 Å². The number of ether oxygens (including phenoxy) is 1. The van der Waals surface area contributed by atoms with Crippen molar-refractivity contribution in [1.82, 2.24) is 19.7 Å². The second-order valence-corrected chi connectivity index (χ2v) is 10.3. The Morgan fingerprint density at radius 3 is 2.70 bits per heavy atom. The van der Waals surface area contributed by atoms with Crippen LogP contribution in [0.5, 0.6) is 5.88 Å². The predicted octanol–water partition coefficient (Wildman–Crippen LogP) is 3.05. The molecule has 0 spiro atoms. The van der Waals surface area contributed by atoms with Gasteiger partial charge in [0.05, 0.1) is 20.1 Å². The molecule has 1 N–H and O–H groups in total. The normalized spacial score (nSPS) is 14.9. The first kappa shape index (κ1) is 21.0. The SMILES string of the molecule is Cc1nc(OCCNS(=O)(=O)c2ccc3nc(C)sc3c2)cc(N2CCCCC2)n1. The number of aromatic nitrogens is 3. The molecule has 0 amide bonds. The second-order valence-electron chi connectivity index (χ2n) is 7.27. The van der Waals surface area contributed by atoms with Gasteiger partial charge in [-0.2, -0.15) is 4.98 Å². The van der Waals surface area contributed by atoms with Gasteiger partial charge in [-0.3, -0.25) is 0 Å². The van der Waals surface area contributed by atoms with Crippen molar-refractivity contribution in [2.24, 2.45) is 0 Å². The zero-order valence-electron chi connectivity index (χ0n) is 17.1. The van der Waals surface area contributed by atoms with Gasteiger partial charge in [-0.25, -0.2) is 23.1 Å². The average molecular weight is 448 g/mol. The number of benzene rings is 1. The zero-order chi connectivity index (χ0) is 21.1. The molecule has 30 heavy (non-hydrogen) atoms. The summed E-state index contributed by atoms with van der Waals surface area (Å²) in [4.78, 5) is 15.7. The first-order valence-electron chi connectivity index (χ1n) is 10.0. The molecule has 0 unspecified atom stereocenters. The lowest BCUT2D eigenvalue weighted by Gasteiger charge is -2.28. The highest BCUT2D eigenvalue weighted by Crippen LogP contribution is 2.24. The predicted molar refractivity (Wildman–Crippen MR) is 118 cm³/mol. The molecular formula is C20H25N5O3S2. The molecule has 1 saturated heterocycles. The van der Waals surface area contributed by atoms with E-state index in [-0.39, 0.29) is 18.0 Å². The second kappa shape index (κ2) is 8.83. The molecule has 8 nitrogen and oxygen atoms in total. The molecule has 3 heterocycles. The quantitative estimate of drug-likeness (QED) is 0.556. The van der Waals surface area contributed by atoms with Crippen LogP contribution in [0.4, 0.5) is 5.82 Å². The van der Waals surface area contributed by atoms with Gasteiger partial charge in [-0.1, -0.05) is 0 Å². The molecule has 0 atom stereocenters. The van der Waals surface area contributed by atoms with E-state index in [1.807, 2.05) is 19.9 Å². The van der Waals surface area contributed by atoms with Crippen molar-refractivity contribution < 1.29 is 13.2 Å². The summed E-state index contributed by atoms with van der Waals surface area (Å²) < 4.78 is 34.3. The van der Waals surface area contributed by atoms with E-state index in [0.717, 1.165) is 47.0 Å². The molecule has 0 bridgehead atoms. The van der Waals surface area contributed by atoms with Crippen LogP contribution in [-0.2, 0) is 10.0 Å². The van der Waals surface area contributed by atoms with E-state index >= 15 is 0 Å². The van der Waals surface area contributed by atoms with Gasteiger partial charge < -0.3 is 9.64 Å². The molecule has 1 fully saturated rings. The van der Waals surface area contributed by atoms with Crippen molar-refractivity contribution in [1.29, 1.82) is 0 Å². The van der Waals surface area contributed by atoms with Crippen molar-refractivity contribution in [3.63, 3.8) is 0 Å². The first-order valence-corrected chi connectivity index (χ1v) is 12.3. The molecule has 10 heteroatoms. The summed E-state index contributed by atoms with van der Waals surface area (Å²) in [6.45, 7) is 6.03. The fourth-order valence-electron chi connectivity index (χ4n) is 3.49. The number of aryl methyl sites for hydroxylation is 2. The summed E-state index contributed by atoms with van der Waals surface area (Å²) >= 11 is 1.48. The maximum atomic E-state index is 12.6. The number of anilines is 1. The third kappa shape index (κ3) is 4.88. The van der Waals surface area contributed by atoms with Crippen LogP contribution in [0, 0.1) is 13.8 Å². The van der Waals surface area contributed by atoms with Gasteiger partial charge in [-0.05, 0) is 51.3 Å². The van der Waals surface area contributed by atoms with Gasteiger partial charge >= 0.3 is 0 Å². The van der Waals surface area contributed by atoms with Gasteiger partial charge in [0.2, 0.25) is 15.9 Å². The summed E-state index contributed by atoms with van der Waals surface area (Å²) in [6.07, 6.45) is 3.57. The minimum Gasteiger partial charge on any atom is -0.476 e. The van der Waals surface area contributed by atoms with Crippen LogP contribution in [0.2, 0.25) is 0 Å². The topological polar surface area (TPSA) is 97.3 Å². The Bertz CT molecular complexity index is 1140. The number of thiazole rings is 1. The Morgan fingerprint density at radius 1 is 1.10 bits per heavy atom. The molecule has 0 radical (unpaired) electrons. The third-order valence-corrected chi connectivity index (χ3v) is 7.29. The Morgan fingerprint density at radius 2 is 1.90 bits per heavy atom. The molecule has 0 aliphatic carbocycles. The Kier molecular flexibility index (Phi) is 6.16. The van der Waals surface area contributed by atoms with Gasteiger partial charge in [0.25, 0.3) is 0 Å². The number of hydrogen-bond donors (Lipinski definition) is 1. The van der Waals surface area contributed by atoms with Crippen LogP contribution >= 0.6 is 11.3 Å². The minimum atomic E-state index is -3.62. The fraction of sp³-hybridized carbons (Fsp3) is 0.450. The largest absolute Gasteiger partial charge is 0.476 e. The van der Waals surface area contributed by atoms with E-state index in [0.29, 0.717) is 11.7 Å². The third-order valence-electron chi connectivity index (χ3n) is 4.90. The minimum absolute atomic E-state index is 0.143. The van der Waals surface area contributed by atoms with Crippen molar-refractivity contribution in [2.75, 3.05) is 31.1 Å². The maximum Gasteiger partial charge on any atom is 0.240 e.